The van der Waals surface area contributed by atoms with Crippen LogP contribution in [0.15, 0.2) is 36.3 Å². The van der Waals surface area contributed by atoms with Crippen molar-refractivity contribution in [2.24, 2.45) is 7.05 Å². The van der Waals surface area contributed by atoms with Gasteiger partial charge in [-0.05, 0) is 18.2 Å². The number of aromatic nitrogens is 3. The third-order valence-electron chi connectivity index (χ3n) is 2.46. The van der Waals surface area contributed by atoms with Crippen molar-refractivity contribution < 1.29 is 9.90 Å². The normalized spacial score (nSPS) is 11.1. The van der Waals surface area contributed by atoms with E-state index in [4.69, 9.17) is 10.4 Å². The van der Waals surface area contributed by atoms with Crippen LogP contribution in [-0.2, 0) is 11.8 Å². The predicted molar refractivity (Wildman–Crippen MR) is 67.7 cm³/mol. The van der Waals surface area contributed by atoms with Crippen LogP contribution in [0.25, 0.3) is 17.3 Å². The van der Waals surface area contributed by atoms with Gasteiger partial charge in [0.2, 0.25) is 0 Å². The van der Waals surface area contributed by atoms with Gasteiger partial charge in [0.15, 0.2) is 0 Å². The Morgan fingerprint density at radius 3 is 2.74 bits per heavy atom. The smallest absolute Gasteiger partial charge is 0.346 e. The molecule has 94 valence electrons. The molecule has 0 aliphatic heterocycles. The number of carboxylic acids is 1. The second kappa shape index (κ2) is 5.14. The Morgan fingerprint density at radius 1 is 1.47 bits per heavy atom. The first-order chi connectivity index (χ1) is 9.11. The van der Waals surface area contributed by atoms with Crippen LogP contribution in [0, 0.1) is 11.3 Å². The largest absolute Gasteiger partial charge is 0.477 e. The van der Waals surface area contributed by atoms with Gasteiger partial charge in [-0.25, -0.2) is 4.79 Å². The lowest BCUT2D eigenvalue weighted by atomic mass is 10.1. The van der Waals surface area contributed by atoms with Crippen LogP contribution in [0.1, 0.15) is 5.56 Å². The van der Waals surface area contributed by atoms with Crippen molar-refractivity contribution >= 4 is 12.0 Å². The minimum absolute atomic E-state index is 0.330. The highest BCUT2D eigenvalue weighted by atomic mass is 16.4. The summed E-state index contributed by atoms with van der Waals surface area (Å²) in [5, 5.41) is 21.9. The Kier molecular flexibility index (Phi) is 3.39. The predicted octanol–water partition coefficient (Wildman–Crippen LogP) is 1.47. The second-order valence-electron chi connectivity index (χ2n) is 3.82. The lowest BCUT2D eigenvalue weighted by Gasteiger charge is -1.97. The molecule has 0 aromatic carbocycles. The van der Waals surface area contributed by atoms with E-state index in [1.54, 1.807) is 48.5 Å². The number of nitrogens with zero attached hydrogens (tertiary/aromatic N) is 4. The number of carbonyl (C=O) groups is 1. The molecule has 2 rings (SSSR count). The van der Waals surface area contributed by atoms with Crippen LogP contribution in [0.3, 0.4) is 0 Å². The molecular formula is C13H10N4O2. The van der Waals surface area contributed by atoms with Crippen molar-refractivity contribution in [3.05, 3.63) is 41.9 Å². The molecule has 1 N–H and O–H groups in total. The quantitative estimate of drug-likeness (QED) is 0.661. The van der Waals surface area contributed by atoms with E-state index >= 15 is 0 Å². The lowest BCUT2D eigenvalue weighted by molar-refractivity contribution is -0.132. The zero-order chi connectivity index (χ0) is 13.8. The highest BCUT2D eigenvalue weighted by molar-refractivity contribution is 5.97. The van der Waals surface area contributed by atoms with E-state index in [2.05, 4.69) is 10.1 Å². The van der Waals surface area contributed by atoms with Crippen LogP contribution in [0.4, 0.5) is 0 Å². The molecule has 2 heterocycles. The maximum atomic E-state index is 10.9. The summed E-state index contributed by atoms with van der Waals surface area (Å²) in [6, 6.07) is 5.19. The maximum Gasteiger partial charge on any atom is 0.346 e. The lowest BCUT2D eigenvalue weighted by Crippen LogP contribution is -1.97. The molecule has 0 amide bonds. The fourth-order valence-corrected chi connectivity index (χ4v) is 1.64. The van der Waals surface area contributed by atoms with Gasteiger partial charge in [0.1, 0.15) is 11.6 Å². The van der Waals surface area contributed by atoms with Crippen molar-refractivity contribution in [3.8, 4) is 17.3 Å². The minimum Gasteiger partial charge on any atom is -0.477 e. The Hall–Kier alpha value is -2.94. The molecule has 0 radical (unpaired) electrons. The number of pyridine rings is 1. The molecule has 0 bridgehead atoms. The molecule has 0 unspecified atom stereocenters. The first kappa shape index (κ1) is 12.5. The van der Waals surface area contributed by atoms with E-state index in [1.165, 1.54) is 6.08 Å². The minimum atomic E-state index is -1.26. The fourth-order valence-electron chi connectivity index (χ4n) is 1.64. The molecule has 0 fully saturated rings. The van der Waals surface area contributed by atoms with Crippen LogP contribution < -0.4 is 0 Å². The first-order valence-electron chi connectivity index (χ1n) is 5.41. The molecule has 2 aromatic heterocycles. The summed E-state index contributed by atoms with van der Waals surface area (Å²) in [6.45, 7) is 0. The molecule has 0 atom stereocenters. The molecule has 0 aliphatic carbocycles. The Labute approximate surface area is 109 Å². The van der Waals surface area contributed by atoms with Crippen molar-refractivity contribution in [1.29, 1.82) is 5.26 Å². The Morgan fingerprint density at radius 2 is 2.16 bits per heavy atom. The molecule has 2 aromatic rings. The van der Waals surface area contributed by atoms with Crippen LogP contribution in [0.2, 0.25) is 0 Å². The SMILES string of the molecule is Cn1cc(/C=C(/C#N)C(=O)O)c(-c2ccncc2)n1. The number of hydrogen-bond acceptors (Lipinski definition) is 4. The molecule has 6 heteroatoms. The number of aryl methyl sites for hydroxylation is 1. The Balaban J connectivity index is 2.55. The van der Waals surface area contributed by atoms with Gasteiger partial charge in [-0.3, -0.25) is 9.67 Å². The van der Waals surface area contributed by atoms with Gasteiger partial charge in [-0.1, -0.05) is 0 Å². The van der Waals surface area contributed by atoms with Crippen molar-refractivity contribution in [3.63, 3.8) is 0 Å². The standard InChI is InChI=1S/C13H10N4O2/c1-17-8-11(6-10(7-14)13(18)19)12(16-17)9-2-4-15-5-3-9/h2-6,8H,1H3,(H,18,19)/b10-6-. The van der Waals surface area contributed by atoms with Crippen LogP contribution in [0.5, 0.6) is 0 Å². The number of aliphatic carboxylic acids is 1. The third kappa shape index (κ3) is 2.66. The highest BCUT2D eigenvalue weighted by Crippen LogP contribution is 2.23. The third-order valence-corrected chi connectivity index (χ3v) is 2.46. The number of rotatable bonds is 3. The fraction of sp³-hybridized carbons (Fsp3) is 0.0769. The first-order valence-corrected chi connectivity index (χ1v) is 5.41. The van der Waals surface area contributed by atoms with Crippen molar-refractivity contribution in [2.45, 2.75) is 0 Å². The van der Waals surface area contributed by atoms with Gasteiger partial charge in [-0.15, -0.1) is 0 Å². The van der Waals surface area contributed by atoms with Crippen molar-refractivity contribution in [2.75, 3.05) is 0 Å². The summed E-state index contributed by atoms with van der Waals surface area (Å²) in [5.41, 5.74) is 1.67. The summed E-state index contributed by atoms with van der Waals surface area (Å²) in [4.78, 5) is 14.8. The summed E-state index contributed by atoms with van der Waals surface area (Å²) in [5.74, 6) is -1.26. The van der Waals surface area contributed by atoms with Crippen LogP contribution in [-0.4, -0.2) is 25.8 Å². The van der Waals surface area contributed by atoms with Gasteiger partial charge in [0.05, 0.1) is 5.69 Å². The van der Waals surface area contributed by atoms with Gasteiger partial charge >= 0.3 is 5.97 Å². The summed E-state index contributed by atoms with van der Waals surface area (Å²) < 4.78 is 1.57. The van der Waals surface area contributed by atoms with E-state index in [-0.39, 0.29) is 5.57 Å². The number of hydrogen-bond donors (Lipinski definition) is 1. The second-order valence-corrected chi connectivity index (χ2v) is 3.82. The molecule has 0 saturated carbocycles. The molecule has 0 spiro atoms. The average Bonchev–Trinajstić information content (AvgIpc) is 2.77. The van der Waals surface area contributed by atoms with Crippen LogP contribution >= 0.6 is 0 Å². The van der Waals surface area contributed by atoms with Crippen molar-refractivity contribution in [1.82, 2.24) is 14.8 Å². The van der Waals surface area contributed by atoms with Gasteiger partial charge < -0.3 is 5.11 Å². The van der Waals surface area contributed by atoms with E-state index in [1.807, 2.05) is 0 Å². The monoisotopic (exact) mass is 254 g/mol. The topological polar surface area (TPSA) is 91.8 Å². The Bertz CT molecular complexity index is 680. The van der Waals surface area contributed by atoms with E-state index < -0.39 is 5.97 Å². The molecular weight excluding hydrogens is 244 g/mol. The maximum absolute atomic E-state index is 10.9. The highest BCUT2D eigenvalue weighted by Gasteiger charge is 2.12. The zero-order valence-corrected chi connectivity index (χ0v) is 10.1. The molecule has 0 saturated heterocycles. The number of carboxylic acid groups (broad SMARTS) is 1. The summed E-state index contributed by atoms with van der Waals surface area (Å²) >= 11 is 0. The van der Waals surface area contributed by atoms with E-state index in [0.717, 1.165) is 5.56 Å². The van der Waals surface area contributed by atoms with Gasteiger partial charge in [0.25, 0.3) is 0 Å². The van der Waals surface area contributed by atoms with Gasteiger partial charge in [0, 0.05) is 36.8 Å². The molecule has 0 aliphatic rings. The molecule has 19 heavy (non-hydrogen) atoms. The van der Waals surface area contributed by atoms with E-state index in [9.17, 15) is 4.79 Å². The summed E-state index contributed by atoms with van der Waals surface area (Å²) in [7, 11) is 1.73. The molecule has 6 nitrogen and oxygen atoms in total. The van der Waals surface area contributed by atoms with Gasteiger partial charge in [-0.2, -0.15) is 10.4 Å². The zero-order valence-electron chi connectivity index (χ0n) is 10.1. The average molecular weight is 254 g/mol. The van der Waals surface area contributed by atoms with E-state index in [0.29, 0.717) is 11.3 Å². The number of nitriles is 1. The summed E-state index contributed by atoms with van der Waals surface area (Å²) in [6.07, 6.45) is 6.22.